The van der Waals surface area contributed by atoms with E-state index < -0.39 is 0 Å². The first kappa shape index (κ1) is 20.7. The first-order valence-electron chi connectivity index (χ1n) is 9.32. The number of allylic oxidation sites excluding steroid dienone is 1. The molecular weight excluding hydrogens is 375 g/mol. The molecule has 0 radical (unpaired) electrons. The Morgan fingerprint density at radius 1 is 0.967 bits per heavy atom. The summed E-state index contributed by atoms with van der Waals surface area (Å²) in [6.07, 6.45) is 8.67. The molecule has 4 aromatic rings. The van der Waals surface area contributed by atoms with Crippen molar-refractivity contribution in [2.45, 2.75) is 13.8 Å². The number of halogens is 1. The van der Waals surface area contributed by atoms with Crippen LogP contribution in [0.15, 0.2) is 80.0 Å². The minimum absolute atomic E-state index is 0.219. The molecule has 0 atom stereocenters. The van der Waals surface area contributed by atoms with Crippen molar-refractivity contribution in [2.75, 3.05) is 0 Å². The summed E-state index contributed by atoms with van der Waals surface area (Å²) in [4.78, 5) is 8.07. The van der Waals surface area contributed by atoms with Crippen LogP contribution in [0, 0.1) is 24.6 Å². The van der Waals surface area contributed by atoms with E-state index in [1.165, 1.54) is 12.1 Å². The number of aromatic amines is 1. The Balaban J connectivity index is 0.000000172. The number of H-pyrrole nitrogens is 1. The number of hydrogen-bond donors (Lipinski definition) is 1. The molecule has 5 heteroatoms. The number of nitrogens with zero attached hydrogens (tertiary/aromatic N) is 3. The van der Waals surface area contributed by atoms with Gasteiger partial charge in [-0.05, 0) is 60.9 Å². The fourth-order valence-electron chi connectivity index (χ4n) is 2.66. The van der Waals surface area contributed by atoms with Gasteiger partial charge in [-0.2, -0.15) is 5.10 Å². The lowest BCUT2D eigenvalue weighted by atomic mass is 10.1. The zero-order valence-electron chi connectivity index (χ0n) is 16.9. The van der Waals surface area contributed by atoms with Gasteiger partial charge in [-0.3, -0.25) is 15.1 Å². The molecule has 3 aromatic heterocycles. The molecular formula is C25H21FN4. The predicted octanol–water partition coefficient (Wildman–Crippen LogP) is 5.43. The molecule has 0 fully saturated rings. The molecule has 1 N–H and O–H groups in total. The number of pyridine rings is 2. The minimum Gasteiger partial charge on any atom is -0.277 e. The fourth-order valence-corrected chi connectivity index (χ4v) is 2.66. The number of aromatic nitrogens is 4. The monoisotopic (exact) mass is 396 g/mol. The summed E-state index contributed by atoms with van der Waals surface area (Å²) < 4.78 is 12.9. The van der Waals surface area contributed by atoms with Crippen molar-refractivity contribution in [3.8, 4) is 23.0 Å². The van der Waals surface area contributed by atoms with E-state index in [-0.39, 0.29) is 5.82 Å². The summed E-state index contributed by atoms with van der Waals surface area (Å²) in [6.45, 7) is 7.75. The smallest absolute Gasteiger partial charge is 0.123 e. The number of rotatable bonds is 2. The second-order valence-electron chi connectivity index (χ2n) is 6.69. The van der Waals surface area contributed by atoms with Crippen LogP contribution in [-0.2, 0) is 0 Å². The zero-order chi connectivity index (χ0) is 21.3. The zero-order valence-corrected chi connectivity index (χ0v) is 16.9. The highest BCUT2D eigenvalue weighted by atomic mass is 19.1. The third kappa shape index (κ3) is 5.73. The van der Waals surface area contributed by atoms with Crippen molar-refractivity contribution in [2.24, 2.45) is 0 Å². The molecule has 0 unspecified atom stereocenters. The molecule has 4 nitrogen and oxygen atoms in total. The van der Waals surface area contributed by atoms with Gasteiger partial charge in [0.25, 0.3) is 0 Å². The molecule has 3 heterocycles. The van der Waals surface area contributed by atoms with E-state index >= 15 is 0 Å². The topological polar surface area (TPSA) is 54.5 Å². The molecule has 148 valence electrons. The van der Waals surface area contributed by atoms with E-state index in [2.05, 4.69) is 38.6 Å². The minimum atomic E-state index is -0.219. The normalized spacial score (nSPS) is 9.70. The van der Waals surface area contributed by atoms with Crippen LogP contribution >= 0.6 is 0 Å². The van der Waals surface area contributed by atoms with E-state index in [1.54, 1.807) is 37.1 Å². The molecule has 1 aromatic carbocycles. The summed E-state index contributed by atoms with van der Waals surface area (Å²) in [6, 6.07) is 12.3. The molecule has 0 saturated carbocycles. The average Bonchev–Trinajstić information content (AvgIpc) is 3.23. The Labute approximate surface area is 175 Å². The third-order valence-electron chi connectivity index (χ3n) is 4.10. The van der Waals surface area contributed by atoms with Crippen LogP contribution in [0.25, 0.3) is 16.7 Å². The van der Waals surface area contributed by atoms with Gasteiger partial charge in [0.15, 0.2) is 0 Å². The number of nitrogens with one attached hydrogen (secondary N) is 1. The summed E-state index contributed by atoms with van der Waals surface area (Å²) >= 11 is 0. The van der Waals surface area contributed by atoms with Crippen LogP contribution in [0.5, 0.6) is 0 Å². The molecule has 0 aliphatic heterocycles. The second kappa shape index (κ2) is 9.94. The van der Waals surface area contributed by atoms with Gasteiger partial charge in [0, 0.05) is 35.9 Å². The molecule has 30 heavy (non-hydrogen) atoms. The maximum atomic E-state index is 12.9. The van der Waals surface area contributed by atoms with Gasteiger partial charge in [0.05, 0.1) is 17.5 Å². The van der Waals surface area contributed by atoms with E-state index in [9.17, 15) is 4.39 Å². The van der Waals surface area contributed by atoms with Gasteiger partial charge in [0.2, 0.25) is 0 Å². The van der Waals surface area contributed by atoms with Crippen molar-refractivity contribution in [3.05, 3.63) is 108 Å². The Morgan fingerprint density at radius 3 is 2.53 bits per heavy atom. The number of benzene rings is 1. The summed E-state index contributed by atoms with van der Waals surface area (Å²) in [5.41, 5.74) is 6.44. The Hall–Kier alpha value is -4.04. The maximum absolute atomic E-state index is 12.9. The van der Waals surface area contributed by atoms with E-state index in [0.29, 0.717) is 0 Å². The van der Waals surface area contributed by atoms with E-state index in [0.717, 1.165) is 39.1 Å². The van der Waals surface area contributed by atoms with E-state index in [1.807, 2.05) is 38.1 Å². The lowest BCUT2D eigenvalue weighted by Crippen LogP contribution is -1.83. The van der Waals surface area contributed by atoms with Gasteiger partial charge in [-0.15, -0.1) is 0 Å². The van der Waals surface area contributed by atoms with Gasteiger partial charge in [-0.1, -0.05) is 30.6 Å². The molecule has 0 aliphatic carbocycles. The highest BCUT2D eigenvalue weighted by Crippen LogP contribution is 2.19. The Kier molecular flexibility index (Phi) is 6.86. The van der Waals surface area contributed by atoms with Crippen molar-refractivity contribution in [1.82, 2.24) is 20.2 Å². The summed E-state index contributed by atoms with van der Waals surface area (Å²) in [5, 5.41) is 6.83. The van der Waals surface area contributed by atoms with Crippen molar-refractivity contribution < 1.29 is 4.39 Å². The van der Waals surface area contributed by atoms with Crippen molar-refractivity contribution in [1.29, 1.82) is 0 Å². The van der Waals surface area contributed by atoms with Crippen molar-refractivity contribution >= 4 is 5.57 Å². The van der Waals surface area contributed by atoms with Crippen LogP contribution in [0.4, 0.5) is 4.39 Å². The highest BCUT2D eigenvalue weighted by molar-refractivity contribution is 5.64. The molecule has 0 spiro atoms. The standard InChI is InChI=1S/C13H11N3.C12H10FN/c1-10(2)13-12(9-15-16-13)6-5-11-4-3-7-14-8-11;1-9-5-11(8-14-7-9)10-3-2-4-12(13)6-10/h3-4,7-9H,1H2,2H3,(H,15,16);2-8H,1H3. The molecule has 0 amide bonds. The lowest BCUT2D eigenvalue weighted by Gasteiger charge is -2.01. The Bertz CT molecular complexity index is 1160. The number of hydrogen-bond acceptors (Lipinski definition) is 3. The first-order chi connectivity index (χ1) is 14.5. The predicted molar refractivity (Wildman–Crippen MR) is 118 cm³/mol. The van der Waals surface area contributed by atoms with Gasteiger partial charge >= 0.3 is 0 Å². The van der Waals surface area contributed by atoms with Gasteiger partial charge in [0.1, 0.15) is 5.82 Å². The summed E-state index contributed by atoms with van der Waals surface area (Å²) in [5.74, 6) is 5.86. The lowest BCUT2D eigenvalue weighted by molar-refractivity contribution is 0.628. The van der Waals surface area contributed by atoms with Crippen molar-refractivity contribution in [3.63, 3.8) is 0 Å². The molecule has 0 saturated heterocycles. The van der Waals surface area contributed by atoms with E-state index in [4.69, 9.17) is 0 Å². The van der Waals surface area contributed by atoms with Crippen LogP contribution in [0.2, 0.25) is 0 Å². The molecule has 4 rings (SSSR count). The third-order valence-corrected chi connectivity index (χ3v) is 4.10. The average molecular weight is 396 g/mol. The maximum Gasteiger partial charge on any atom is 0.123 e. The van der Waals surface area contributed by atoms with Crippen LogP contribution in [-0.4, -0.2) is 20.2 Å². The SMILES string of the molecule is C=C(C)c1[nH]ncc1C#Cc1cccnc1.Cc1cncc(-c2cccc(F)c2)c1. The largest absolute Gasteiger partial charge is 0.277 e. The number of aryl methyl sites for hydroxylation is 1. The van der Waals surface area contributed by atoms with Crippen LogP contribution in [0.3, 0.4) is 0 Å². The quantitative estimate of drug-likeness (QED) is 0.460. The van der Waals surface area contributed by atoms with Gasteiger partial charge in [-0.25, -0.2) is 4.39 Å². The van der Waals surface area contributed by atoms with Gasteiger partial charge < -0.3 is 0 Å². The first-order valence-corrected chi connectivity index (χ1v) is 9.32. The second-order valence-corrected chi connectivity index (χ2v) is 6.69. The van der Waals surface area contributed by atoms with Crippen LogP contribution in [0.1, 0.15) is 29.3 Å². The summed E-state index contributed by atoms with van der Waals surface area (Å²) in [7, 11) is 0. The molecule has 0 bridgehead atoms. The molecule has 0 aliphatic rings. The Morgan fingerprint density at radius 2 is 1.83 bits per heavy atom. The fraction of sp³-hybridized carbons (Fsp3) is 0.0800. The van der Waals surface area contributed by atoms with Crippen LogP contribution < -0.4 is 0 Å². The highest BCUT2D eigenvalue weighted by Gasteiger charge is 2.02.